The molecule has 0 spiro atoms. The van der Waals surface area contributed by atoms with Gasteiger partial charge in [0.1, 0.15) is 0 Å². The van der Waals surface area contributed by atoms with Gasteiger partial charge in [-0.2, -0.15) is 0 Å². The predicted octanol–water partition coefficient (Wildman–Crippen LogP) is 1.64. The van der Waals surface area contributed by atoms with Crippen molar-refractivity contribution in [2.24, 2.45) is 5.73 Å². The maximum atomic E-state index is 12.0. The average molecular weight is 271 g/mol. The van der Waals surface area contributed by atoms with Gasteiger partial charge in [-0.15, -0.1) is 0 Å². The summed E-state index contributed by atoms with van der Waals surface area (Å²) in [5, 5.41) is 9.81. The van der Waals surface area contributed by atoms with Gasteiger partial charge in [-0.1, -0.05) is 25.5 Å². The molecule has 18 heavy (non-hydrogen) atoms. The minimum Gasteiger partial charge on any atom is -0.388 e. The number of sulfone groups is 1. The highest BCUT2D eigenvalue weighted by atomic mass is 32.2. The monoisotopic (exact) mass is 271 g/mol. The zero-order valence-electron chi connectivity index (χ0n) is 10.7. The van der Waals surface area contributed by atoms with Crippen LogP contribution in [0.1, 0.15) is 37.9 Å². The Bertz CT molecular complexity index is 471. The van der Waals surface area contributed by atoms with Crippen molar-refractivity contribution in [2.45, 2.75) is 37.2 Å². The second-order valence-corrected chi connectivity index (χ2v) is 6.45. The largest absolute Gasteiger partial charge is 0.388 e. The maximum Gasteiger partial charge on any atom is 0.178 e. The topological polar surface area (TPSA) is 80.4 Å². The van der Waals surface area contributed by atoms with E-state index in [9.17, 15) is 13.5 Å². The zero-order chi connectivity index (χ0) is 13.6. The Morgan fingerprint density at radius 3 is 2.72 bits per heavy atom. The number of unbranched alkanes of at least 4 members (excludes halogenated alkanes) is 1. The van der Waals surface area contributed by atoms with Crippen LogP contribution in [0.4, 0.5) is 0 Å². The highest BCUT2D eigenvalue weighted by Gasteiger charge is 2.15. The minimum absolute atomic E-state index is 0.153. The van der Waals surface area contributed by atoms with Gasteiger partial charge in [0.2, 0.25) is 0 Å². The van der Waals surface area contributed by atoms with Crippen molar-refractivity contribution in [1.82, 2.24) is 0 Å². The number of nitrogens with two attached hydrogens (primary N) is 1. The first-order valence-electron chi connectivity index (χ1n) is 6.22. The van der Waals surface area contributed by atoms with E-state index >= 15 is 0 Å². The summed E-state index contributed by atoms with van der Waals surface area (Å²) in [5.74, 6) is 0.153. The fraction of sp³-hybridized carbons (Fsp3) is 0.538. The van der Waals surface area contributed by atoms with Crippen LogP contribution in [0.25, 0.3) is 0 Å². The van der Waals surface area contributed by atoms with Gasteiger partial charge in [-0.25, -0.2) is 8.42 Å². The molecule has 0 amide bonds. The van der Waals surface area contributed by atoms with Crippen LogP contribution in [0.15, 0.2) is 29.2 Å². The van der Waals surface area contributed by atoms with Gasteiger partial charge >= 0.3 is 0 Å². The molecule has 0 radical (unpaired) electrons. The molecular formula is C13H21NO3S. The zero-order valence-corrected chi connectivity index (χ0v) is 11.5. The van der Waals surface area contributed by atoms with Crippen molar-refractivity contribution < 1.29 is 13.5 Å². The summed E-state index contributed by atoms with van der Waals surface area (Å²) < 4.78 is 24.0. The third kappa shape index (κ3) is 4.08. The Kier molecular flexibility index (Phi) is 5.78. The normalized spacial score (nSPS) is 13.5. The van der Waals surface area contributed by atoms with Crippen LogP contribution in [0, 0.1) is 0 Å². The first kappa shape index (κ1) is 15.1. The number of aliphatic hydroxyl groups excluding tert-OH is 1. The van der Waals surface area contributed by atoms with E-state index in [1.807, 2.05) is 6.92 Å². The first-order valence-corrected chi connectivity index (χ1v) is 7.87. The average Bonchev–Trinajstić information content (AvgIpc) is 2.37. The van der Waals surface area contributed by atoms with Crippen LogP contribution >= 0.6 is 0 Å². The van der Waals surface area contributed by atoms with Crippen molar-refractivity contribution in [1.29, 1.82) is 0 Å². The Hall–Kier alpha value is -0.910. The molecule has 102 valence electrons. The first-order chi connectivity index (χ1) is 8.51. The van der Waals surface area contributed by atoms with E-state index in [2.05, 4.69) is 0 Å². The van der Waals surface area contributed by atoms with Crippen LogP contribution < -0.4 is 5.73 Å². The lowest BCUT2D eigenvalue weighted by Gasteiger charge is -2.11. The third-order valence-electron chi connectivity index (χ3n) is 2.81. The molecule has 0 aliphatic heterocycles. The Balaban J connectivity index is 2.94. The Morgan fingerprint density at radius 2 is 2.11 bits per heavy atom. The molecule has 0 aromatic heterocycles. The van der Waals surface area contributed by atoms with Gasteiger partial charge in [0.15, 0.2) is 9.84 Å². The molecule has 1 atom stereocenters. The lowest BCUT2D eigenvalue weighted by Crippen LogP contribution is -2.09. The van der Waals surface area contributed by atoms with E-state index < -0.39 is 15.9 Å². The van der Waals surface area contributed by atoms with Crippen LogP contribution in [0.2, 0.25) is 0 Å². The number of aliphatic hydroxyl groups is 1. The van der Waals surface area contributed by atoms with Gasteiger partial charge in [0.05, 0.1) is 16.8 Å². The second-order valence-electron chi connectivity index (χ2n) is 4.34. The Morgan fingerprint density at radius 1 is 1.39 bits per heavy atom. The lowest BCUT2D eigenvalue weighted by atomic mass is 10.1. The SMILES string of the molecule is CCCCS(=O)(=O)c1cccc(C(O)CCN)c1. The highest BCUT2D eigenvalue weighted by molar-refractivity contribution is 7.91. The number of rotatable bonds is 7. The van der Waals surface area contributed by atoms with Crippen molar-refractivity contribution >= 4 is 9.84 Å². The van der Waals surface area contributed by atoms with Crippen molar-refractivity contribution in [3.05, 3.63) is 29.8 Å². The summed E-state index contributed by atoms with van der Waals surface area (Å²) in [6.45, 7) is 2.32. The minimum atomic E-state index is -3.24. The van der Waals surface area contributed by atoms with Crippen molar-refractivity contribution in [3.63, 3.8) is 0 Å². The lowest BCUT2D eigenvalue weighted by molar-refractivity contribution is 0.170. The summed E-state index contributed by atoms with van der Waals surface area (Å²) in [4.78, 5) is 0.282. The van der Waals surface area contributed by atoms with Crippen LogP contribution in [-0.4, -0.2) is 25.8 Å². The number of benzene rings is 1. The van der Waals surface area contributed by atoms with Gasteiger partial charge in [0.25, 0.3) is 0 Å². The molecule has 1 aromatic rings. The molecule has 0 aliphatic carbocycles. The summed E-state index contributed by atoms with van der Waals surface area (Å²) in [6, 6.07) is 6.50. The standard InChI is InChI=1S/C13H21NO3S/c1-2-3-9-18(16,17)12-6-4-5-11(10-12)13(15)7-8-14/h4-6,10,13,15H,2-3,7-9,14H2,1H3. The van der Waals surface area contributed by atoms with Gasteiger partial charge < -0.3 is 10.8 Å². The molecule has 0 saturated carbocycles. The molecule has 3 N–H and O–H groups in total. The van der Waals surface area contributed by atoms with E-state index in [1.54, 1.807) is 24.3 Å². The quantitative estimate of drug-likeness (QED) is 0.790. The molecule has 4 nitrogen and oxygen atoms in total. The molecule has 0 fully saturated rings. The van der Waals surface area contributed by atoms with Crippen LogP contribution in [0.5, 0.6) is 0 Å². The van der Waals surface area contributed by atoms with Crippen molar-refractivity contribution in [2.75, 3.05) is 12.3 Å². The molecule has 0 heterocycles. The fourth-order valence-electron chi connectivity index (χ4n) is 1.69. The fourth-order valence-corrected chi connectivity index (χ4v) is 3.20. The number of hydrogen-bond donors (Lipinski definition) is 2. The summed E-state index contributed by atoms with van der Waals surface area (Å²) in [6.07, 6.45) is 1.22. The summed E-state index contributed by atoms with van der Waals surface area (Å²) in [5.41, 5.74) is 5.99. The second kappa shape index (κ2) is 6.87. The molecule has 5 heteroatoms. The van der Waals surface area contributed by atoms with Gasteiger partial charge in [0, 0.05) is 0 Å². The maximum absolute atomic E-state index is 12.0. The Labute approximate surface area is 109 Å². The van der Waals surface area contributed by atoms with E-state index in [4.69, 9.17) is 5.73 Å². The van der Waals surface area contributed by atoms with Crippen LogP contribution in [0.3, 0.4) is 0 Å². The van der Waals surface area contributed by atoms with Crippen molar-refractivity contribution in [3.8, 4) is 0 Å². The highest BCUT2D eigenvalue weighted by Crippen LogP contribution is 2.21. The summed E-state index contributed by atoms with van der Waals surface area (Å²) >= 11 is 0. The smallest absolute Gasteiger partial charge is 0.178 e. The van der Waals surface area contributed by atoms with Gasteiger partial charge in [-0.3, -0.25) is 0 Å². The summed E-state index contributed by atoms with van der Waals surface area (Å²) in [7, 11) is -3.24. The predicted molar refractivity (Wildman–Crippen MR) is 72.0 cm³/mol. The molecule has 1 aromatic carbocycles. The third-order valence-corrected chi connectivity index (χ3v) is 4.61. The van der Waals surface area contributed by atoms with Crippen LogP contribution in [-0.2, 0) is 9.84 Å². The molecule has 0 bridgehead atoms. The molecule has 0 aliphatic rings. The van der Waals surface area contributed by atoms with E-state index in [-0.39, 0.29) is 10.6 Å². The number of hydrogen-bond acceptors (Lipinski definition) is 4. The molecule has 1 rings (SSSR count). The molecule has 0 saturated heterocycles. The molecule has 1 unspecified atom stereocenters. The molecular weight excluding hydrogens is 250 g/mol. The van der Waals surface area contributed by atoms with Gasteiger partial charge in [-0.05, 0) is 37.1 Å². The van der Waals surface area contributed by atoms with E-state index in [0.717, 1.165) is 6.42 Å². The van der Waals surface area contributed by atoms with E-state index in [1.165, 1.54) is 0 Å². The van der Waals surface area contributed by atoms with E-state index in [0.29, 0.717) is 24.9 Å².